The van der Waals surface area contributed by atoms with Gasteiger partial charge < -0.3 is 9.64 Å². The van der Waals surface area contributed by atoms with Crippen molar-refractivity contribution >= 4 is 50.4 Å². The van der Waals surface area contributed by atoms with Crippen LogP contribution in [0.2, 0.25) is 0 Å². The van der Waals surface area contributed by atoms with Crippen molar-refractivity contribution in [2.75, 3.05) is 20.2 Å². The van der Waals surface area contributed by atoms with E-state index in [1.54, 1.807) is 4.90 Å². The minimum atomic E-state index is -0.174. The molecule has 0 saturated carbocycles. The summed E-state index contributed by atoms with van der Waals surface area (Å²) < 4.78 is 6.58. The van der Waals surface area contributed by atoms with Crippen LogP contribution in [0.4, 0.5) is 0 Å². The van der Waals surface area contributed by atoms with Crippen molar-refractivity contribution in [3.8, 4) is 0 Å². The smallest absolute Gasteiger partial charge is 0.308 e. The van der Waals surface area contributed by atoms with Gasteiger partial charge in [0.2, 0.25) is 0 Å². The highest BCUT2D eigenvalue weighted by Gasteiger charge is 2.28. The lowest BCUT2D eigenvalue weighted by atomic mass is 9.96. The summed E-state index contributed by atoms with van der Waals surface area (Å²) in [6, 6.07) is 5.71. The zero-order chi connectivity index (χ0) is 14.7. The highest BCUT2D eigenvalue weighted by molar-refractivity contribution is 14.1. The first-order valence-corrected chi connectivity index (χ1v) is 8.22. The van der Waals surface area contributed by atoms with Crippen LogP contribution in [-0.2, 0) is 9.53 Å². The van der Waals surface area contributed by atoms with E-state index in [9.17, 15) is 9.59 Å². The molecule has 0 aromatic heterocycles. The van der Waals surface area contributed by atoms with Gasteiger partial charge in [-0.25, -0.2) is 0 Å². The molecule has 0 aliphatic carbocycles. The fourth-order valence-corrected chi connectivity index (χ4v) is 3.22. The van der Waals surface area contributed by atoms with Crippen LogP contribution < -0.4 is 0 Å². The Balaban J connectivity index is 2.05. The van der Waals surface area contributed by atoms with E-state index in [1.807, 2.05) is 18.2 Å². The van der Waals surface area contributed by atoms with Crippen molar-refractivity contribution < 1.29 is 14.3 Å². The molecule has 1 aliphatic rings. The lowest BCUT2D eigenvalue weighted by Crippen LogP contribution is -2.40. The summed E-state index contributed by atoms with van der Waals surface area (Å²) >= 11 is 5.61. The second-order valence-corrected chi connectivity index (χ2v) is 6.81. The third-order valence-corrected chi connectivity index (χ3v) is 4.84. The fourth-order valence-electron chi connectivity index (χ4n) is 2.32. The van der Waals surface area contributed by atoms with Gasteiger partial charge in [0.05, 0.1) is 18.6 Å². The summed E-state index contributed by atoms with van der Waals surface area (Å²) in [5.41, 5.74) is 0.674. The second kappa shape index (κ2) is 6.89. The van der Waals surface area contributed by atoms with Gasteiger partial charge in [-0.05, 0) is 69.6 Å². The minimum absolute atomic E-state index is 0.0127. The summed E-state index contributed by atoms with van der Waals surface area (Å²) in [7, 11) is 1.41. The highest BCUT2D eigenvalue weighted by Crippen LogP contribution is 2.24. The average molecular weight is 452 g/mol. The number of piperidine rings is 1. The number of ether oxygens (including phenoxy) is 1. The normalized spacial score (nSPS) is 16.1. The first-order chi connectivity index (χ1) is 9.52. The van der Waals surface area contributed by atoms with Crippen LogP contribution in [-0.4, -0.2) is 37.0 Å². The number of hydrogen-bond acceptors (Lipinski definition) is 3. The molecule has 20 heavy (non-hydrogen) atoms. The summed E-state index contributed by atoms with van der Waals surface area (Å²) in [5.74, 6) is -0.241. The summed E-state index contributed by atoms with van der Waals surface area (Å²) in [5, 5.41) is 0. The number of carbonyl (C=O) groups is 2. The molecule has 0 spiro atoms. The van der Waals surface area contributed by atoms with Gasteiger partial charge >= 0.3 is 5.97 Å². The Bertz CT molecular complexity index is 527. The second-order valence-electron chi connectivity index (χ2n) is 4.71. The topological polar surface area (TPSA) is 46.6 Å². The molecule has 1 aromatic carbocycles. The molecule has 0 atom stereocenters. The van der Waals surface area contributed by atoms with Crippen molar-refractivity contribution in [1.29, 1.82) is 0 Å². The summed E-state index contributed by atoms with van der Waals surface area (Å²) in [6.07, 6.45) is 1.33. The largest absolute Gasteiger partial charge is 0.469 e. The third-order valence-electron chi connectivity index (χ3n) is 3.48. The summed E-state index contributed by atoms with van der Waals surface area (Å²) in [6.45, 7) is 1.19. The van der Waals surface area contributed by atoms with Gasteiger partial charge in [-0.1, -0.05) is 0 Å². The van der Waals surface area contributed by atoms with E-state index < -0.39 is 0 Å². The van der Waals surface area contributed by atoms with Crippen molar-refractivity contribution in [1.82, 2.24) is 4.90 Å². The number of halogens is 2. The van der Waals surface area contributed by atoms with E-state index in [0.717, 1.165) is 8.04 Å². The van der Waals surface area contributed by atoms with Crippen LogP contribution in [0.25, 0.3) is 0 Å². The molecule has 1 heterocycles. The number of methoxy groups -OCH3 is 1. The number of carbonyl (C=O) groups excluding carboxylic acids is 2. The Kier molecular flexibility index (Phi) is 5.42. The Labute approximate surface area is 140 Å². The Hall–Kier alpha value is -0.630. The number of hydrogen-bond donors (Lipinski definition) is 0. The van der Waals surface area contributed by atoms with E-state index in [0.29, 0.717) is 31.5 Å². The van der Waals surface area contributed by atoms with Crippen LogP contribution >= 0.6 is 38.5 Å². The molecule has 1 aliphatic heterocycles. The molecule has 108 valence electrons. The summed E-state index contributed by atoms with van der Waals surface area (Å²) in [4.78, 5) is 25.8. The number of benzene rings is 1. The zero-order valence-corrected chi connectivity index (χ0v) is 14.8. The average Bonchev–Trinajstić information content (AvgIpc) is 2.48. The first-order valence-electron chi connectivity index (χ1n) is 6.35. The molecule has 1 saturated heterocycles. The number of esters is 1. The molecule has 0 radical (unpaired) electrons. The molecular weight excluding hydrogens is 437 g/mol. The van der Waals surface area contributed by atoms with Gasteiger partial charge in [-0.3, -0.25) is 9.59 Å². The molecule has 1 fully saturated rings. The molecule has 2 rings (SSSR count). The predicted molar refractivity (Wildman–Crippen MR) is 87.5 cm³/mol. The molecule has 0 unspecified atom stereocenters. The molecule has 0 N–H and O–H groups in total. The molecule has 4 nitrogen and oxygen atoms in total. The highest BCUT2D eigenvalue weighted by atomic mass is 127. The third kappa shape index (κ3) is 3.52. The van der Waals surface area contributed by atoms with Gasteiger partial charge in [0.15, 0.2) is 0 Å². The van der Waals surface area contributed by atoms with Crippen molar-refractivity contribution in [2.45, 2.75) is 12.8 Å². The van der Waals surface area contributed by atoms with E-state index in [-0.39, 0.29) is 17.8 Å². The fraction of sp³-hybridized carbons (Fsp3) is 0.429. The van der Waals surface area contributed by atoms with Crippen molar-refractivity contribution in [2.24, 2.45) is 5.92 Å². The standard InChI is InChI=1S/C14H15BrINO3/c1-20-14(19)9-4-6-17(7-5-9)13(18)11-8-10(16)2-3-12(11)15/h2-3,8-9H,4-7H2,1H3. The molecule has 1 amide bonds. The zero-order valence-electron chi connectivity index (χ0n) is 11.1. The van der Waals surface area contributed by atoms with Gasteiger partial charge in [0.1, 0.15) is 0 Å². The number of rotatable bonds is 2. The van der Waals surface area contributed by atoms with E-state index in [2.05, 4.69) is 38.5 Å². The maximum atomic E-state index is 12.5. The quantitative estimate of drug-likeness (QED) is 0.512. The lowest BCUT2D eigenvalue weighted by Gasteiger charge is -2.31. The number of amides is 1. The number of likely N-dealkylation sites (tertiary alicyclic amines) is 1. The first kappa shape index (κ1) is 15.8. The SMILES string of the molecule is COC(=O)C1CCN(C(=O)c2cc(I)ccc2Br)CC1. The Morgan fingerprint density at radius 3 is 2.60 bits per heavy atom. The van der Waals surface area contributed by atoms with Gasteiger partial charge in [0, 0.05) is 21.1 Å². The minimum Gasteiger partial charge on any atom is -0.469 e. The van der Waals surface area contributed by atoms with Crippen LogP contribution in [0.15, 0.2) is 22.7 Å². The van der Waals surface area contributed by atoms with E-state index in [4.69, 9.17) is 4.74 Å². The molecule has 1 aromatic rings. The van der Waals surface area contributed by atoms with Crippen LogP contribution in [0, 0.1) is 9.49 Å². The predicted octanol–water partition coefficient (Wildman–Crippen LogP) is 3.08. The maximum absolute atomic E-state index is 12.5. The maximum Gasteiger partial charge on any atom is 0.308 e. The van der Waals surface area contributed by atoms with E-state index in [1.165, 1.54) is 7.11 Å². The Morgan fingerprint density at radius 2 is 2.00 bits per heavy atom. The van der Waals surface area contributed by atoms with Gasteiger partial charge in [-0.15, -0.1) is 0 Å². The van der Waals surface area contributed by atoms with Crippen LogP contribution in [0.1, 0.15) is 23.2 Å². The van der Waals surface area contributed by atoms with E-state index >= 15 is 0 Å². The number of nitrogens with zero attached hydrogens (tertiary/aromatic N) is 1. The van der Waals surface area contributed by atoms with Crippen molar-refractivity contribution in [3.05, 3.63) is 31.8 Å². The van der Waals surface area contributed by atoms with Gasteiger partial charge in [-0.2, -0.15) is 0 Å². The lowest BCUT2D eigenvalue weighted by molar-refractivity contribution is -0.146. The van der Waals surface area contributed by atoms with Crippen LogP contribution in [0.5, 0.6) is 0 Å². The molecule has 0 bridgehead atoms. The molecule has 6 heteroatoms. The monoisotopic (exact) mass is 451 g/mol. The van der Waals surface area contributed by atoms with Crippen molar-refractivity contribution in [3.63, 3.8) is 0 Å². The van der Waals surface area contributed by atoms with Gasteiger partial charge in [0.25, 0.3) is 5.91 Å². The molecular formula is C14H15BrINO3. The Morgan fingerprint density at radius 1 is 1.35 bits per heavy atom. The van der Waals surface area contributed by atoms with Crippen LogP contribution in [0.3, 0.4) is 0 Å².